The molecule has 1 rings (SSSR count). The molecule has 1 fully saturated rings. The number of hydrogen-bond donors (Lipinski definition) is 1. The Labute approximate surface area is 76.7 Å². The quantitative estimate of drug-likeness (QED) is 0.675. The first-order chi connectivity index (χ1) is 5.65. The lowest BCUT2D eigenvalue weighted by Gasteiger charge is -2.36. The summed E-state index contributed by atoms with van der Waals surface area (Å²) >= 11 is 0. The van der Waals surface area contributed by atoms with Gasteiger partial charge in [-0.15, -0.1) is 0 Å². The van der Waals surface area contributed by atoms with Crippen LogP contribution in [0, 0.1) is 23.7 Å². The molecule has 1 aliphatic carbocycles. The first kappa shape index (κ1) is 10.0. The Bertz CT molecular complexity index is 131. The maximum absolute atomic E-state index is 5.79. The first-order valence-corrected chi connectivity index (χ1v) is 5.35. The summed E-state index contributed by atoms with van der Waals surface area (Å²) in [5.74, 6) is 3.43. The molecule has 1 heteroatoms. The standard InChI is InChI=1S/C11H23N/c1-8(2)11-5-4-9(3)6-10(11)7-12/h8-11H,4-7,12H2,1-3H3/t9-,10-,11+/m0/s1. The Hall–Kier alpha value is -0.0400. The summed E-state index contributed by atoms with van der Waals surface area (Å²) in [5.41, 5.74) is 5.79. The fourth-order valence-corrected chi connectivity index (χ4v) is 2.67. The highest BCUT2D eigenvalue weighted by atomic mass is 14.6. The molecule has 0 bridgehead atoms. The Morgan fingerprint density at radius 1 is 1.33 bits per heavy atom. The van der Waals surface area contributed by atoms with Crippen LogP contribution in [-0.2, 0) is 0 Å². The molecule has 3 atom stereocenters. The monoisotopic (exact) mass is 169 g/mol. The topological polar surface area (TPSA) is 26.0 Å². The van der Waals surface area contributed by atoms with E-state index in [1.165, 1.54) is 19.3 Å². The molecule has 0 heterocycles. The van der Waals surface area contributed by atoms with E-state index in [9.17, 15) is 0 Å². The summed E-state index contributed by atoms with van der Waals surface area (Å²) in [6.45, 7) is 7.93. The smallest absolute Gasteiger partial charge is 0.00460 e. The minimum atomic E-state index is 0.800. The number of hydrogen-bond acceptors (Lipinski definition) is 1. The molecule has 0 saturated heterocycles. The van der Waals surface area contributed by atoms with E-state index in [0.29, 0.717) is 0 Å². The van der Waals surface area contributed by atoms with Crippen LogP contribution in [-0.4, -0.2) is 6.54 Å². The maximum Gasteiger partial charge on any atom is -0.00460 e. The molecule has 1 saturated carbocycles. The zero-order valence-corrected chi connectivity index (χ0v) is 8.72. The van der Waals surface area contributed by atoms with Crippen LogP contribution in [0.5, 0.6) is 0 Å². The zero-order valence-electron chi connectivity index (χ0n) is 8.72. The van der Waals surface area contributed by atoms with E-state index in [-0.39, 0.29) is 0 Å². The fourth-order valence-electron chi connectivity index (χ4n) is 2.67. The second-order valence-corrected chi connectivity index (χ2v) is 4.82. The van der Waals surface area contributed by atoms with Crippen molar-refractivity contribution in [1.82, 2.24) is 0 Å². The number of nitrogens with two attached hydrogens (primary N) is 1. The van der Waals surface area contributed by atoms with Crippen LogP contribution >= 0.6 is 0 Å². The predicted octanol–water partition coefficient (Wildman–Crippen LogP) is 2.65. The molecule has 0 radical (unpaired) electrons. The van der Waals surface area contributed by atoms with Crippen LogP contribution in [0.3, 0.4) is 0 Å². The summed E-state index contributed by atoms with van der Waals surface area (Å²) in [6.07, 6.45) is 4.18. The van der Waals surface area contributed by atoms with E-state index < -0.39 is 0 Å². The summed E-state index contributed by atoms with van der Waals surface area (Å²) in [6, 6.07) is 0. The first-order valence-electron chi connectivity index (χ1n) is 5.35. The molecule has 0 aromatic heterocycles. The molecule has 0 aromatic carbocycles. The molecular formula is C11H23N. The predicted molar refractivity (Wildman–Crippen MR) is 53.9 cm³/mol. The second-order valence-electron chi connectivity index (χ2n) is 4.82. The molecule has 0 unspecified atom stereocenters. The molecule has 2 N–H and O–H groups in total. The summed E-state index contributed by atoms with van der Waals surface area (Å²) in [4.78, 5) is 0. The lowest BCUT2D eigenvalue weighted by Crippen LogP contribution is -2.32. The van der Waals surface area contributed by atoms with E-state index in [1.54, 1.807) is 0 Å². The van der Waals surface area contributed by atoms with E-state index in [2.05, 4.69) is 20.8 Å². The molecular weight excluding hydrogens is 146 g/mol. The average Bonchev–Trinajstić information content (AvgIpc) is 2.03. The van der Waals surface area contributed by atoms with Crippen LogP contribution < -0.4 is 5.73 Å². The van der Waals surface area contributed by atoms with Gasteiger partial charge in [-0.05, 0) is 43.1 Å². The van der Waals surface area contributed by atoms with E-state index in [4.69, 9.17) is 5.73 Å². The molecule has 12 heavy (non-hydrogen) atoms. The van der Waals surface area contributed by atoms with Crippen molar-refractivity contribution in [3.63, 3.8) is 0 Å². The lowest BCUT2D eigenvalue weighted by molar-refractivity contribution is 0.150. The van der Waals surface area contributed by atoms with Crippen molar-refractivity contribution in [2.45, 2.75) is 40.0 Å². The molecule has 0 aliphatic heterocycles. The third kappa shape index (κ3) is 2.22. The zero-order chi connectivity index (χ0) is 9.14. The van der Waals surface area contributed by atoms with Gasteiger partial charge in [-0.3, -0.25) is 0 Å². The van der Waals surface area contributed by atoms with Crippen molar-refractivity contribution in [2.75, 3.05) is 6.54 Å². The van der Waals surface area contributed by atoms with Gasteiger partial charge in [0.25, 0.3) is 0 Å². The van der Waals surface area contributed by atoms with Crippen LogP contribution in [0.1, 0.15) is 40.0 Å². The van der Waals surface area contributed by atoms with Crippen molar-refractivity contribution in [1.29, 1.82) is 0 Å². The van der Waals surface area contributed by atoms with Gasteiger partial charge in [-0.2, -0.15) is 0 Å². The van der Waals surface area contributed by atoms with E-state index >= 15 is 0 Å². The van der Waals surface area contributed by atoms with Crippen LogP contribution in [0.4, 0.5) is 0 Å². The fraction of sp³-hybridized carbons (Fsp3) is 1.00. The van der Waals surface area contributed by atoms with Gasteiger partial charge < -0.3 is 5.73 Å². The highest BCUT2D eigenvalue weighted by Gasteiger charge is 2.29. The van der Waals surface area contributed by atoms with E-state index in [0.717, 1.165) is 30.2 Å². The lowest BCUT2D eigenvalue weighted by atomic mass is 9.70. The van der Waals surface area contributed by atoms with Crippen LogP contribution in [0.2, 0.25) is 0 Å². The molecule has 1 aliphatic rings. The van der Waals surface area contributed by atoms with Gasteiger partial charge in [-0.25, -0.2) is 0 Å². The van der Waals surface area contributed by atoms with Crippen LogP contribution in [0.15, 0.2) is 0 Å². The van der Waals surface area contributed by atoms with Gasteiger partial charge in [0.05, 0.1) is 0 Å². The normalized spacial score (nSPS) is 37.2. The van der Waals surface area contributed by atoms with Gasteiger partial charge in [-0.1, -0.05) is 27.2 Å². The molecule has 1 nitrogen and oxygen atoms in total. The minimum Gasteiger partial charge on any atom is -0.330 e. The highest BCUT2D eigenvalue weighted by Crippen LogP contribution is 2.37. The van der Waals surface area contributed by atoms with Crippen molar-refractivity contribution in [3.05, 3.63) is 0 Å². The largest absolute Gasteiger partial charge is 0.330 e. The Kier molecular flexibility index (Phi) is 3.57. The van der Waals surface area contributed by atoms with Crippen molar-refractivity contribution in [3.8, 4) is 0 Å². The number of rotatable bonds is 2. The Morgan fingerprint density at radius 3 is 2.50 bits per heavy atom. The van der Waals surface area contributed by atoms with Gasteiger partial charge >= 0.3 is 0 Å². The molecule has 0 aromatic rings. The van der Waals surface area contributed by atoms with Crippen molar-refractivity contribution in [2.24, 2.45) is 29.4 Å². The maximum atomic E-state index is 5.79. The second kappa shape index (κ2) is 4.27. The van der Waals surface area contributed by atoms with Gasteiger partial charge in [0.15, 0.2) is 0 Å². The SMILES string of the molecule is CC(C)[C@H]1CC[C@H](C)C[C@H]1CN. The van der Waals surface area contributed by atoms with E-state index in [1.807, 2.05) is 0 Å². The van der Waals surface area contributed by atoms with Crippen LogP contribution in [0.25, 0.3) is 0 Å². The Morgan fingerprint density at radius 2 is 2.00 bits per heavy atom. The third-order valence-electron chi connectivity index (χ3n) is 3.46. The average molecular weight is 169 g/mol. The molecule has 0 spiro atoms. The molecule has 72 valence electrons. The minimum absolute atomic E-state index is 0.800. The Balaban J connectivity index is 2.50. The highest BCUT2D eigenvalue weighted by molar-refractivity contribution is 4.80. The summed E-state index contributed by atoms with van der Waals surface area (Å²) in [5, 5.41) is 0. The van der Waals surface area contributed by atoms with Gasteiger partial charge in [0, 0.05) is 0 Å². The van der Waals surface area contributed by atoms with Crippen molar-refractivity contribution < 1.29 is 0 Å². The third-order valence-corrected chi connectivity index (χ3v) is 3.46. The summed E-state index contributed by atoms with van der Waals surface area (Å²) < 4.78 is 0. The van der Waals surface area contributed by atoms with Crippen molar-refractivity contribution >= 4 is 0 Å². The van der Waals surface area contributed by atoms with Gasteiger partial charge in [0.1, 0.15) is 0 Å². The summed E-state index contributed by atoms with van der Waals surface area (Å²) in [7, 11) is 0. The van der Waals surface area contributed by atoms with Gasteiger partial charge in [0.2, 0.25) is 0 Å². The molecule has 0 amide bonds.